The summed E-state index contributed by atoms with van der Waals surface area (Å²) in [5.41, 5.74) is 1.93. The highest BCUT2D eigenvalue weighted by Gasteiger charge is 2.11. The topological polar surface area (TPSA) is 87.1 Å². The lowest BCUT2D eigenvalue weighted by atomic mass is 10.1. The number of hydrogen-bond donors (Lipinski definition) is 0. The predicted octanol–water partition coefficient (Wildman–Crippen LogP) is 5.91. The molecule has 0 saturated carbocycles. The number of ether oxygens (including phenoxy) is 2. The Balaban J connectivity index is 1.92. The zero-order valence-electron chi connectivity index (χ0n) is 16.7. The number of methoxy groups -OCH3 is 2. The van der Waals surface area contributed by atoms with Gasteiger partial charge in [0.1, 0.15) is 11.3 Å². The first-order chi connectivity index (χ1) is 15.0. The average molecular weight is 437 g/mol. The minimum Gasteiger partial charge on any atom is -0.493 e. The molecule has 0 bridgehead atoms. The Kier molecular flexibility index (Phi) is 5.60. The molecule has 4 rings (SSSR count). The number of rotatable bonds is 5. The van der Waals surface area contributed by atoms with Gasteiger partial charge in [0.25, 0.3) is 5.69 Å². The molecule has 7 nitrogen and oxygen atoms in total. The van der Waals surface area contributed by atoms with E-state index in [4.69, 9.17) is 25.5 Å². The summed E-state index contributed by atoms with van der Waals surface area (Å²) in [6.45, 7) is 0. The third-order valence-corrected chi connectivity index (χ3v) is 4.92. The minimum absolute atomic E-state index is 0.000862. The molecule has 0 aliphatic rings. The van der Waals surface area contributed by atoms with Gasteiger partial charge in [0.15, 0.2) is 11.5 Å². The molecule has 4 aromatic rings. The van der Waals surface area contributed by atoms with Crippen molar-refractivity contribution in [1.82, 2.24) is 0 Å². The first kappa shape index (κ1) is 20.4. The quantitative estimate of drug-likeness (QED) is 0.286. The average Bonchev–Trinajstić information content (AvgIpc) is 2.79. The first-order valence-corrected chi connectivity index (χ1v) is 9.61. The number of non-ortho nitro benzene ring substituents is 1. The zero-order valence-corrected chi connectivity index (χ0v) is 17.4. The van der Waals surface area contributed by atoms with Crippen LogP contribution in [0, 0.1) is 10.1 Å². The maximum Gasteiger partial charge on any atom is 0.269 e. The summed E-state index contributed by atoms with van der Waals surface area (Å²) >= 11 is 6.19. The Morgan fingerprint density at radius 2 is 1.68 bits per heavy atom. The molecule has 156 valence electrons. The molecule has 1 aromatic heterocycles. The summed E-state index contributed by atoms with van der Waals surface area (Å²) in [6.07, 6.45) is 0. The van der Waals surface area contributed by atoms with E-state index < -0.39 is 4.92 Å². The van der Waals surface area contributed by atoms with Gasteiger partial charge >= 0.3 is 0 Å². The number of nitro benzene ring substituents is 1. The van der Waals surface area contributed by atoms with E-state index in [1.807, 2.05) is 12.1 Å². The van der Waals surface area contributed by atoms with Crippen molar-refractivity contribution in [1.29, 1.82) is 0 Å². The number of hydrogen-bond acceptors (Lipinski definition) is 6. The van der Waals surface area contributed by atoms with E-state index in [0.29, 0.717) is 38.9 Å². The number of benzene rings is 3. The van der Waals surface area contributed by atoms with E-state index in [2.05, 4.69) is 4.99 Å². The first-order valence-electron chi connectivity index (χ1n) is 9.23. The van der Waals surface area contributed by atoms with Gasteiger partial charge in [-0.25, -0.2) is 4.99 Å². The van der Waals surface area contributed by atoms with Crippen molar-refractivity contribution in [3.05, 3.63) is 87.2 Å². The predicted molar refractivity (Wildman–Crippen MR) is 118 cm³/mol. The third-order valence-electron chi connectivity index (χ3n) is 4.68. The van der Waals surface area contributed by atoms with Crippen molar-refractivity contribution in [2.45, 2.75) is 0 Å². The van der Waals surface area contributed by atoms with Crippen molar-refractivity contribution < 1.29 is 18.8 Å². The second kappa shape index (κ2) is 8.49. The van der Waals surface area contributed by atoms with Gasteiger partial charge in [-0.3, -0.25) is 10.1 Å². The number of nitro groups is 1. The van der Waals surface area contributed by atoms with Gasteiger partial charge in [0.2, 0.25) is 0 Å². The van der Waals surface area contributed by atoms with Crippen molar-refractivity contribution in [2.24, 2.45) is 4.99 Å². The second-order valence-electron chi connectivity index (χ2n) is 6.59. The van der Waals surface area contributed by atoms with E-state index in [0.717, 1.165) is 10.9 Å². The van der Waals surface area contributed by atoms with Crippen molar-refractivity contribution in [3.8, 4) is 22.8 Å². The molecule has 0 aliphatic heterocycles. The highest BCUT2D eigenvalue weighted by Crippen LogP contribution is 2.33. The molecule has 0 aliphatic carbocycles. The van der Waals surface area contributed by atoms with Crippen LogP contribution in [0.25, 0.3) is 22.3 Å². The van der Waals surface area contributed by atoms with Crippen molar-refractivity contribution >= 4 is 33.9 Å². The smallest absolute Gasteiger partial charge is 0.269 e. The molecular weight excluding hydrogens is 420 g/mol. The van der Waals surface area contributed by atoms with Crippen LogP contribution in [0.2, 0.25) is 5.02 Å². The summed E-state index contributed by atoms with van der Waals surface area (Å²) in [6, 6.07) is 18.6. The van der Waals surface area contributed by atoms with Crippen LogP contribution < -0.4 is 14.8 Å². The Morgan fingerprint density at radius 1 is 0.935 bits per heavy atom. The van der Waals surface area contributed by atoms with E-state index in [1.165, 1.54) is 12.1 Å². The Bertz CT molecular complexity index is 1350. The second-order valence-corrected chi connectivity index (χ2v) is 7.03. The SMILES string of the molecule is COc1ccc(-c2cc(=Nc3ccc([N+](=O)[O-])cc3)c3cc(Cl)ccc3o2)cc1OC. The summed E-state index contributed by atoms with van der Waals surface area (Å²) in [5, 5.41) is 12.8. The highest BCUT2D eigenvalue weighted by molar-refractivity contribution is 6.31. The van der Waals surface area contributed by atoms with Crippen LogP contribution in [0.3, 0.4) is 0 Å². The molecule has 31 heavy (non-hydrogen) atoms. The van der Waals surface area contributed by atoms with Gasteiger partial charge < -0.3 is 13.9 Å². The molecule has 0 atom stereocenters. The Labute approximate surface area is 182 Å². The summed E-state index contributed by atoms with van der Waals surface area (Å²) in [5.74, 6) is 1.74. The molecule has 0 unspecified atom stereocenters. The van der Waals surface area contributed by atoms with E-state index >= 15 is 0 Å². The highest BCUT2D eigenvalue weighted by atomic mass is 35.5. The largest absolute Gasteiger partial charge is 0.493 e. The van der Waals surface area contributed by atoms with E-state index in [1.54, 1.807) is 56.7 Å². The lowest BCUT2D eigenvalue weighted by molar-refractivity contribution is -0.384. The van der Waals surface area contributed by atoms with E-state index in [-0.39, 0.29) is 5.69 Å². The van der Waals surface area contributed by atoms with Crippen LogP contribution in [0.15, 0.2) is 76.1 Å². The van der Waals surface area contributed by atoms with Gasteiger partial charge in [0.05, 0.1) is 30.2 Å². The standard InChI is InChI=1S/C23H17ClN2O5/c1-29-21-9-3-14(11-23(21)30-2)22-13-19(18-12-15(24)4-10-20(18)31-22)25-16-5-7-17(8-6-16)26(27)28/h3-13H,1-2H3. The van der Waals surface area contributed by atoms with Gasteiger partial charge in [-0.15, -0.1) is 0 Å². The molecule has 0 fully saturated rings. The lowest BCUT2D eigenvalue weighted by Crippen LogP contribution is -2.03. The van der Waals surface area contributed by atoms with Crippen LogP contribution in [-0.4, -0.2) is 19.1 Å². The Morgan fingerprint density at radius 3 is 2.35 bits per heavy atom. The van der Waals surface area contributed by atoms with Gasteiger partial charge in [0, 0.05) is 34.2 Å². The van der Waals surface area contributed by atoms with Gasteiger partial charge in [-0.1, -0.05) is 11.6 Å². The maximum atomic E-state index is 10.9. The minimum atomic E-state index is -0.449. The molecule has 0 spiro atoms. The number of nitrogens with zero attached hydrogens (tertiary/aromatic N) is 2. The summed E-state index contributed by atoms with van der Waals surface area (Å²) < 4.78 is 16.8. The van der Waals surface area contributed by atoms with Crippen LogP contribution in [-0.2, 0) is 0 Å². The van der Waals surface area contributed by atoms with Gasteiger partial charge in [-0.05, 0) is 48.5 Å². The monoisotopic (exact) mass is 436 g/mol. The summed E-state index contributed by atoms with van der Waals surface area (Å²) in [4.78, 5) is 15.1. The fourth-order valence-corrected chi connectivity index (χ4v) is 3.33. The molecule has 0 N–H and O–H groups in total. The van der Waals surface area contributed by atoms with Crippen molar-refractivity contribution in [2.75, 3.05) is 14.2 Å². The van der Waals surface area contributed by atoms with Crippen LogP contribution in [0.4, 0.5) is 11.4 Å². The number of fused-ring (bicyclic) bond motifs is 1. The van der Waals surface area contributed by atoms with E-state index in [9.17, 15) is 10.1 Å². The fourth-order valence-electron chi connectivity index (χ4n) is 3.15. The molecule has 3 aromatic carbocycles. The van der Waals surface area contributed by atoms with Crippen LogP contribution in [0.5, 0.6) is 11.5 Å². The van der Waals surface area contributed by atoms with Crippen LogP contribution >= 0.6 is 11.6 Å². The molecule has 1 heterocycles. The molecule has 0 saturated heterocycles. The molecule has 8 heteroatoms. The Hall–Kier alpha value is -3.84. The van der Waals surface area contributed by atoms with Crippen molar-refractivity contribution in [3.63, 3.8) is 0 Å². The summed E-state index contributed by atoms with van der Waals surface area (Å²) in [7, 11) is 3.14. The van der Waals surface area contributed by atoms with Crippen LogP contribution in [0.1, 0.15) is 0 Å². The maximum absolute atomic E-state index is 10.9. The molecule has 0 amide bonds. The molecular formula is C23H17ClN2O5. The number of halogens is 1. The third kappa shape index (κ3) is 4.22. The normalized spacial score (nSPS) is 11.5. The lowest BCUT2D eigenvalue weighted by Gasteiger charge is -2.10. The molecule has 0 radical (unpaired) electrons. The zero-order chi connectivity index (χ0) is 22.0. The fraction of sp³-hybridized carbons (Fsp3) is 0.0870. The van der Waals surface area contributed by atoms with Gasteiger partial charge in [-0.2, -0.15) is 0 Å².